The molecule has 67 heavy (non-hydrogen) atoms. The largest absolute Gasteiger partial charge is 0.309 e. The first-order valence-electron chi connectivity index (χ1n) is 24.1. The number of fused-ring (bicyclic) bond motifs is 5. The third kappa shape index (κ3) is 7.24. The van der Waals surface area contributed by atoms with Gasteiger partial charge in [-0.3, -0.25) is 0 Å². The Morgan fingerprint density at radius 3 is 1.81 bits per heavy atom. The van der Waals surface area contributed by atoms with Gasteiger partial charge in [0.25, 0.3) is 0 Å². The Bertz CT molecular complexity index is 3320. The molecule has 11 rings (SSSR count). The average molecular weight is 866 g/mol. The summed E-state index contributed by atoms with van der Waals surface area (Å²) < 4.78 is 0. The van der Waals surface area contributed by atoms with Crippen molar-refractivity contribution in [3.05, 3.63) is 251 Å². The fourth-order valence-electron chi connectivity index (χ4n) is 11.1. The van der Waals surface area contributed by atoms with Gasteiger partial charge in [-0.1, -0.05) is 230 Å². The molecule has 3 aliphatic carbocycles. The molecule has 1 nitrogen and oxygen atoms in total. The predicted octanol–water partition coefficient (Wildman–Crippen LogP) is 18.0. The summed E-state index contributed by atoms with van der Waals surface area (Å²) in [7, 11) is 0. The molecule has 3 aliphatic rings. The zero-order chi connectivity index (χ0) is 46.1. The summed E-state index contributed by atoms with van der Waals surface area (Å²) in [4.78, 5) is 2.56. The maximum atomic E-state index is 2.56. The summed E-state index contributed by atoms with van der Waals surface area (Å²) in [5.74, 6) is 0.355. The average Bonchev–Trinajstić information content (AvgIpc) is 3.61. The molecule has 8 aromatic rings. The van der Waals surface area contributed by atoms with Gasteiger partial charge in [-0.15, -0.1) is 0 Å². The van der Waals surface area contributed by atoms with Crippen LogP contribution in [0, 0.1) is 5.92 Å². The van der Waals surface area contributed by atoms with E-state index in [2.05, 4.69) is 266 Å². The molecule has 0 aromatic heterocycles. The Balaban J connectivity index is 1.19. The predicted molar refractivity (Wildman–Crippen MR) is 287 cm³/mol. The number of benzene rings is 8. The van der Waals surface area contributed by atoms with Gasteiger partial charge in [0.15, 0.2) is 0 Å². The van der Waals surface area contributed by atoms with E-state index in [-0.39, 0.29) is 16.2 Å². The van der Waals surface area contributed by atoms with Crippen molar-refractivity contribution in [2.75, 3.05) is 4.90 Å². The quantitative estimate of drug-likeness (QED) is 0.154. The van der Waals surface area contributed by atoms with Gasteiger partial charge in [-0.05, 0) is 126 Å². The Labute approximate surface area is 398 Å². The third-order valence-electron chi connectivity index (χ3n) is 14.8. The van der Waals surface area contributed by atoms with Crippen LogP contribution in [0.2, 0.25) is 0 Å². The lowest BCUT2D eigenvalue weighted by atomic mass is 9.74. The van der Waals surface area contributed by atoms with Crippen LogP contribution in [0.1, 0.15) is 88.3 Å². The van der Waals surface area contributed by atoms with E-state index in [9.17, 15) is 0 Å². The van der Waals surface area contributed by atoms with Crippen molar-refractivity contribution >= 4 is 33.4 Å². The standard InChI is InChI=1S/C66H59N/c1-64(2,3)48-40-46(41-49(42-48)65(4,5)6)52-32-20-24-45-25-21-34-58(63(45)52)57-31-15-18-37-62(57)67(61-36-17-14-30-56(61)53-33-19-23-44-22-11-12-28-51(44)53)50-38-39-55-54-29-13-16-35-59(54)66(7,60(55)43-50)47-26-9-8-10-27-47/h8-22,24-44H,23H2,1-7H3. The lowest BCUT2D eigenvalue weighted by Gasteiger charge is -2.33. The first-order valence-corrected chi connectivity index (χ1v) is 24.1. The first kappa shape index (κ1) is 42.4. The molecule has 1 heteroatoms. The summed E-state index contributed by atoms with van der Waals surface area (Å²) in [5.41, 5.74) is 21.1. The molecule has 0 amide bonds. The summed E-state index contributed by atoms with van der Waals surface area (Å²) in [5, 5.41) is 2.49. The summed E-state index contributed by atoms with van der Waals surface area (Å²) in [6.45, 7) is 16.4. The Morgan fingerprint density at radius 1 is 0.493 bits per heavy atom. The minimum atomic E-state index is -0.352. The Kier molecular flexibility index (Phi) is 10.3. The summed E-state index contributed by atoms with van der Waals surface area (Å²) in [6, 6.07) is 66.5. The molecule has 0 radical (unpaired) electrons. The highest BCUT2D eigenvalue weighted by Gasteiger charge is 2.41. The van der Waals surface area contributed by atoms with Crippen LogP contribution in [0.3, 0.4) is 0 Å². The molecule has 2 atom stereocenters. The molecule has 8 aromatic carbocycles. The van der Waals surface area contributed by atoms with E-state index in [0.717, 1.165) is 23.5 Å². The molecule has 0 spiro atoms. The molecule has 328 valence electrons. The van der Waals surface area contributed by atoms with Gasteiger partial charge in [0, 0.05) is 28.1 Å². The van der Waals surface area contributed by atoms with Gasteiger partial charge in [-0.2, -0.15) is 0 Å². The first-order chi connectivity index (χ1) is 32.4. The Morgan fingerprint density at radius 2 is 1.09 bits per heavy atom. The van der Waals surface area contributed by atoms with Crippen molar-refractivity contribution in [1.29, 1.82) is 0 Å². The van der Waals surface area contributed by atoms with Crippen LogP contribution in [0.15, 0.2) is 218 Å². The van der Waals surface area contributed by atoms with Crippen LogP contribution in [0.5, 0.6) is 0 Å². The van der Waals surface area contributed by atoms with Crippen LogP contribution in [0.25, 0.3) is 49.7 Å². The zero-order valence-corrected chi connectivity index (χ0v) is 39.9. The summed E-state index contributed by atoms with van der Waals surface area (Å²) in [6.07, 6.45) is 14.8. The lowest BCUT2D eigenvalue weighted by molar-refractivity contribution is 0.569. The van der Waals surface area contributed by atoms with E-state index < -0.39 is 0 Å². The molecule has 0 heterocycles. The Hall–Kier alpha value is -7.22. The highest BCUT2D eigenvalue weighted by atomic mass is 15.1. The van der Waals surface area contributed by atoms with Crippen molar-refractivity contribution in [3.63, 3.8) is 0 Å². The number of hydrogen-bond donors (Lipinski definition) is 0. The van der Waals surface area contributed by atoms with Crippen molar-refractivity contribution in [3.8, 4) is 33.4 Å². The normalized spacial score (nSPS) is 17.4. The molecular formula is C66H59N. The number of anilines is 3. The monoisotopic (exact) mass is 865 g/mol. The third-order valence-corrected chi connectivity index (χ3v) is 14.8. The van der Waals surface area contributed by atoms with Crippen molar-refractivity contribution in [2.24, 2.45) is 5.92 Å². The molecule has 0 saturated heterocycles. The van der Waals surface area contributed by atoms with Crippen LogP contribution in [0.4, 0.5) is 17.1 Å². The second-order valence-corrected chi connectivity index (χ2v) is 21.0. The second kappa shape index (κ2) is 16.3. The van der Waals surface area contributed by atoms with Gasteiger partial charge in [-0.25, -0.2) is 0 Å². The molecule has 0 bridgehead atoms. The number of rotatable bonds is 7. The van der Waals surface area contributed by atoms with Gasteiger partial charge in [0.1, 0.15) is 0 Å². The van der Waals surface area contributed by atoms with E-state index in [1.54, 1.807) is 0 Å². The minimum absolute atomic E-state index is 0.00866. The minimum Gasteiger partial charge on any atom is -0.309 e. The molecule has 0 saturated carbocycles. The number of para-hydroxylation sites is 2. The van der Waals surface area contributed by atoms with Crippen molar-refractivity contribution in [2.45, 2.75) is 71.1 Å². The fourth-order valence-corrected chi connectivity index (χ4v) is 11.1. The molecule has 0 N–H and O–H groups in total. The second-order valence-electron chi connectivity index (χ2n) is 21.0. The van der Waals surface area contributed by atoms with Crippen LogP contribution in [-0.2, 0) is 16.2 Å². The van der Waals surface area contributed by atoms with Crippen molar-refractivity contribution in [1.82, 2.24) is 0 Å². The van der Waals surface area contributed by atoms with E-state index in [0.29, 0.717) is 5.92 Å². The zero-order valence-electron chi connectivity index (χ0n) is 39.9. The van der Waals surface area contributed by atoms with E-state index in [4.69, 9.17) is 0 Å². The number of hydrogen-bond acceptors (Lipinski definition) is 1. The molecule has 0 fully saturated rings. The van der Waals surface area contributed by atoms with E-state index in [1.807, 2.05) is 0 Å². The van der Waals surface area contributed by atoms with Gasteiger partial charge >= 0.3 is 0 Å². The van der Waals surface area contributed by atoms with Crippen LogP contribution >= 0.6 is 0 Å². The van der Waals surface area contributed by atoms with E-state index >= 15 is 0 Å². The van der Waals surface area contributed by atoms with Crippen LogP contribution in [-0.4, -0.2) is 0 Å². The topological polar surface area (TPSA) is 3.24 Å². The van der Waals surface area contributed by atoms with Gasteiger partial charge in [0.05, 0.1) is 11.4 Å². The van der Waals surface area contributed by atoms with Gasteiger partial charge in [0.2, 0.25) is 0 Å². The maximum absolute atomic E-state index is 2.56. The number of nitrogens with zero attached hydrogens (tertiary/aromatic N) is 1. The molecular weight excluding hydrogens is 807 g/mol. The molecule has 2 unspecified atom stereocenters. The fraction of sp³-hybridized carbons (Fsp3) is 0.182. The van der Waals surface area contributed by atoms with Gasteiger partial charge < -0.3 is 4.90 Å². The molecule has 0 aliphatic heterocycles. The highest BCUT2D eigenvalue weighted by molar-refractivity contribution is 6.09. The maximum Gasteiger partial charge on any atom is 0.0540 e. The summed E-state index contributed by atoms with van der Waals surface area (Å²) >= 11 is 0. The lowest BCUT2D eigenvalue weighted by Crippen LogP contribution is -2.23. The van der Waals surface area contributed by atoms with E-state index in [1.165, 1.54) is 88.7 Å². The smallest absolute Gasteiger partial charge is 0.0540 e. The van der Waals surface area contributed by atoms with Crippen LogP contribution < -0.4 is 4.90 Å². The SMILES string of the molecule is CC(C)(C)c1cc(-c2cccc3cccc(-c4ccccc4N(c4ccc5c(c4)C(C)(c4ccccc4)c4ccccc4-5)c4ccccc4C4=C5C=CC=CC5CC=C4)c23)cc(C(C)(C)C)c1. The number of allylic oxidation sites excluding steroid dienone is 8. The van der Waals surface area contributed by atoms with Crippen molar-refractivity contribution < 1.29 is 0 Å². The highest BCUT2D eigenvalue weighted by Crippen LogP contribution is 2.55.